The summed E-state index contributed by atoms with van der Waals surface area (Å²) in [6, 6.07) is 2.43. The predicted molar refractivity (Wildman–Crippen MR) is 88.1 cm³/mol. The van der Waals surface area contributed by atoms with Crippen LogP contribution < -0.4 is 5.32 Å². The fourth-order valence-corrected chi connectivity index (χ4v) is 4.38. The monoisotopic (exact) mass is 331 g/mol. The molecule has 0 aromatic carbocycles. The van der Waals surface area contributed by atoms with Gasteiger partial charge in [-0.15, -0.1) is 5.10 Å². The number of aromatic nitrogens is 3. The number of aryl methyl sites for hydroxylation is 1. The SMILES string of the molecule is Cn1cc(C(=O)N(Cc2ccsc2)C2CC23CCNCC3)nn1. The molecule has 2 aromatic heterocycles. The summed E-state index contributed by atoms with van der Waals surface area (Å²) in [5, 5.41) is 15.5. The van der Waals surface area contributed by atoms with Crippen molar-refractivity contribution in [3.05, 3.63) is 34.3 Å². The van der Waals surface area contributed by atoms with Gasteiger partial charge in [-0.1, -0.05) is 5.21 Å². The Morgan fingerprint density at radius 3 is 3.00 bits per heavy atom. The van der Waals surface area contributed by atoms with Crippen LogP contribution >= 0.6 is 11.3 Å². The van der Waals surface area contributed by atoms with Gasteiger partial charge in [-0.25, -0.2) is 0 Å². The summed E-state index contributed by atoms with van der Waals surface area (Å²) in [6.45, 7) is 2.78. The molecule has 7 heteroatoms. The summed E-state index contributed by atoms with van der Waals surface area (Å²) >= 11 is 1.67. The Morgan fingerprint density at radius 2 is 2.35 bits per heavy atom. The molecule has 0 bridgehead atoms. The summed E-state index contributed by atoms with van der Waals surface area (Å²) < 4.78 is 1.59. The minimum Gasteiger partial charge on any atom is -0.329 e. The molecule has 1 saturated carbocycles. The zero-order valence-corrected chi connectivity index (χ0v) is 14.1. The molecule has 0 radical (unpaired) electrons. The normalized spacial score (nSPS) is 22.2. The lowest BCUT2D eigenvalue weighted by molar-refractivity contribution is 0.0686. The maximum Gasteiger partial charge on any atom is 0.276 e. The van der Waals surface area contributed by atoms with Crippen molar-refractivity contribution in [1.29, 1.82) is 0 Å². The second-order valence-corrected chi connectivity index (χ2v) is 7.45. The highest BCUT2D eigenvalue weighted by Gasteiger charge is 2.58. The number of hydrogen-bond donors (Lipinski definition) is 1. The molecule has 1 saturated heterocycles. The smallest absolute Gasteiger partial charge is 0.276 e. The molecule has 122 valence electrons. The molecule has 1 spiro atoms. The van der Waals surface area contributed by atoms with E-state index in [2.05, 4.69) is 32.5 Å². The molecule has 1 N–H and O–H groups in total. The second kappa shape index (κ2) is 5.72. The number of nitrogens with zero attached hydrogens (tertiary/aromatic N) is 4. The third-order valence-electron chi connectivity index (χ3n) is 5.14. The van der Waals surface area contributed by atoms with Crippen LogP contribution in [0.15, 0.2) is 23.0 Å². The van der Waals surface area contributed by atoms with Crippen molar-refractivity contribution in [2.24, 2.45) is 12.5 Å². The average molecular weight is 331 g/mol. The Kier molecular flexibility index (Phi) is 3.69. The molecule has 2 aromatic rings. The van der Waals surface area contributed by atoms with Gasteiger partial charge in [0.25, 0.3) is 5.91 Å². The molecule has 1 unspecified atom stereocenters. The number of carbonyl (C=O) groups is 1. The van der Waals surface area contributed by atoms with Crippen molar-refractivity contribution in [2.75, 3.05) is 13.1 Å². The first kappa shape index (κ1) is 14.8. The predicted octanol–water partition coefficient (Wildman–Crippen LogP) is 1.66. The van der Waals surface area contributed by atoms with Crippen LogP contribution in [-0.2, 0) is 13.6 Å². The zero-order chi connectivity index (χ0) is 15.9. The second-order valence-electron chi connectivity index (χ2n) is 6.67. The highest BCUT2D eigenvalue weighted by molar-refractivity contribution is 7.07. The van der Waals surface area contributed by atoms with Gasteiger partial charge < -0.3 is 10.2 Å². The number of rotatable bonds is 4. The van der Waals surface area contributed by atoms with E-state index in [4.69, 9.17) is 0 Å². The molecule has 1 amide bonds. The van der Waals surface area contributed by atoms with E-state index in [0.717, 1.165) is 32.4 Å². The lowest BCUT2D eigenvalue weighted by Gasteiger charge is -2.29. The van der Waals surface area contributed by atoms with Crippen LogP contribution in [0.4, 0.5) is 0 Å². The molecule has 2 aliphatic rings. The topological polar surface area (TPSA) is 63.1 Å². The molecule has 2 fully saturated rings. The van der Waals surface area contributed by atoms with E-state index in [-0.39, 0.29) is 5.91 Å². The fraction of sp³-hybridized carbons (Fsp3) is 0.562. The number of piperidine rings is 1. The highest BCUT2D eigenvalue weighted by atomic mass is 32.1. The van der Waals surface area contributed by atoms with Crippen molar-refractivity contribution in [2.45, 2.75) is 31.8 Å². The van der Waals surface area contributed by atoms with Crippen molar-refractivity contribution >= 4 is 17.2 Å². The third kappa shape index (κ3) is 2.79. The molecule has 23 heavy (non-hydrogen) atoms. The van der Waals surface area contributed by atoms with Gasteiger partial charge in [-0.05, 0) is 60.2 Å². The summed E-state index contributed by atoms with van der Waals surface area (Å²) in [4.78, 5) is 15.0. The summed E-state index contributed by atoms with van der Waals surface area (Å²) in [6.07, 6.45) is 5.14. The van der Waals surface area contributed by atoms with Crippen LogP contribution in [0, 0.1) is 5.41 Å². The number of carbonyl (C=O) groups excluding carboxylic acids is 1. The Morgan fingerprint density at radius 1 is 1.52 bits per heavy atom. The van der Waals surface area contributed by atoms with Crippen LogP contribution in [0.25, 0.3) is 0 Å². The summed E-state index contributed by atoms with van der Waals surface area (Å²) in [5.74, 6) is 0.00436. The standard InChI is InChI=1S/C16H21N5OS/c1-20-10-13(18-19-20)15(22)21(9-12-2-7-23-11-12)14-8-16(14)3-5-17-6-4-16/h2,7,10-11,14,17H,3-6,8-9H2,1H3. The summed E-state index contributed by atoms with van der Waals surface area (Å²) in [7, 11) is 1.79. The first-order valence-electron chi connectivity index (χ1n) is 8.07. The molecular weight excluding hydrogens is 310 g/mol. The molecule has 6 nitrogen and oxygen atoms in total. The maximum atomic E-state index is 13.0. The van der Waals surface area contributed by atoms with E-state index in [9.17, 15) is 4.79 Å². The van der Waals surface area contributed by atoms with Crippen LogP contribution in [0.2, 0.25) is 0 Å². The Labute approximate surface area is 139 Å². The van der Waals surface area contributed by atoms with Crippen LogP contribution in [0.1, 0.15) is 35.3 Å². The van der Waals surface area contributed by atoms with E-state index in [1.165, 1.54) is 5.56 Å². The Balaban J connectivity index is 1.58. The van der Waals surface area contributed by atoms with E-state index >= 15 is 0 Å². The lowest BCUT2D eigenvalue weighted by Crippen LogP contribution is -2.39. The van der Waals surface area contributed by atoms with E-state index in [1.54, 1.807) is 29.3 Å². The van der Waals surface area contributed by atoms with Crippen molar-refractivity contribution in [3.8, 4) is 0 Å². The molecule has 1 aliphatic carbocycles. The zero-order valence-electron chi connectivity index (χ0n) is 13.2. The summed E-state index contributed by atoms with van der Waals surface area (Å²) in [5.41, 5.74) is 1.96. The van der Waals surface area contributed by atoms with Crippen LogP contribution in [0.3, 0.4) is 0 Å². The highest BCUT2D eigenvalue weighted by Crippen LogP contribution is 2.56. The third-order valence-corrected chi connectivity index (χ3v) is 5.87. The van der Waals surface area contributed by atoms with Crippen LogP contribution in [0.5, 0.6) is 0 Å². The van der Waals surface area contributed by atoms with Crippen molar-refractivity contribution < 1.29 is 4.79 Å². The van der Waals surface area contributed by atoms with Crippen molar-refractivity contribution in [3.63, 3.8) is 0 Å². The quantitative estimate of drug-likeness (QED) is 0.925. The van der Waals surface area contributed by atoms with Gasteiger partial charge in [-0.3, -0.25) is 9.48 Å². The van der Waals surface area contributed by atoms with Gasteiger partial charge in [0.15, 0.2) is 5.69 Å². The molecular formula is C16H21N5OS. The number of nitrogens with one attached hydrogen (secondary N) is 1. The molecule has 4 rings (SSSR count). The van der Waals surface area contributed by atoms with E-state index < -0.39 is 0 Å². The van der Waals surface area contributed by atoms with Crippen LogP contribution in [-0.4, -0.2) is 44.9 Å². The number of hydrogen-bond acceptors (Lipinski definition) is 5. The van der Waals surface area contributed by atoms with Gasteiger partial charge in [0.2, 0.25) is 0 Å². The Bertz CT molecular complexity index is 689. The van der Waals surface area contributed by atoms with Gasteiger partial charge >= 0.3 is 0 Å². The molecule has 1 aliphatic heterocycles. The minimum absolute atomic E-state index is 0.00436. The first-order chi connectivity index (χ1) is 11.2. The van der Waals surface area contributed by atoms with E-state index in [0.29, 0.717) is 23.7 Å². The van der Waals surface area contributed by atoms with E-state index in [1.807, 2.05) is 4.90 Å². The Hall–Kier alpha value is -1.73. The largest absolute Gasteiger partial charge is 0.329 e. The maximum absolute atomic E-state index is 13.0. The first-order valence-corrected chi connectivity index (χ1v) is 9.01. The minimum atomic E-state index is 0.00436. The fourth-order valence-electron chi connectivity index (χ4n) is 3.72. The lowest BCUT2D eigenvalue weighted by atomic mass is 9.93. The number of amides is 1. The van der Waals surface area contributed by atoms with Gasteiger partial charge in [-0.2, -0.15) is 11.3 Å². The van der Waals surface area contributed by atoms with Crippen molar-refractivity contribution in [1.82, 2.24) is 25.2 Å². The van der Waals surface area contributed by atoms with Gasteiger partial charge in [0, 0.05) is 19.6 Å². The van der Waals surface area contributed by atoms with Gasteiger partial charge in [0.1, 0.15) is 0 Å². The molecule has 3 heterocycles. The average Bonchev–Trinajstić information content (AvgIpc) is 2.97. The molecule has 1 atom stereocenters. The number of thiophene rings is 1. The van der Waals surface area contributed by atoms with Gasteiger partial charge in [0.05, 0.1) is 6.20 Å².